The summed E-state index contributed by atoms with van der Waals surface area (Å²) in [6.07, 6.45) is 9.38. The molecule has 2 N–H and O–H groups in total. The zero-order valence-electron chi connectivity index (χ0n) is 9.91. The Morgan fingerprint density at radius 1 is 1.06 bits per heavy atom. The van der Waals surface area contributed by atoms with E-state index in [1.165, 1.54) is 44.9 Å². The van der Waals surface area contributed by atoms with E-state index in [2.05, 4.69) is 0 Å². The summed E-state index contributed by atoms with van der Waals surface area (Å²) in [6, 6.07) is 0. The third kappa shape index (κ3) is 2.89. The van der Waals surface area contributed by atoms with Crippen LogP contribution in [0.5, 0.6) is 0 Å². The quantitative estimate of drug-likeness (QED) is 0.769. The average molecular weight is 247 g/mol. The van der Waals surface area contributed by atoms with Crippen LogP contribution in [-0.4, -0.2) is 30.4 Å². The van der Waals surface area contributed by atoms with Crippen LogP contribution < -0.4 is 5.73 Å². The number of rotatable bonds is 1. The molecule has 1 saturated heterocycles. The first-order valence-corrected chi connectivity index (χ1v) is 6.24. The van der Waals surface area contributed by atoms with Crippen LogP contribution in [0.4, 0.5) is 0 Å². The maximum absolute atomic E-state index is 11.4. The van der Waals surface area contributed by atoms with Crippen molar-refractivity contribution in [1.29, 1.82) is 0 Å². The van der Waals surface area contributed by atoms with Crippen LogP contribution in [-0.2, 0) is 4.79 Å². The van der Waals surface area contributed by atoms with E-state index in [4.69, 9.17) is 5.73 Å². The zero-order chi connectivity index (χ0) is 10.7. The predicted molar refractivity (Wildman–Crippen MR) is 67.6 cm³/mol. The number of nitrogens with two attached hydrogens (primary N) is 1. The number of likely N-dealkylation sites (tertiary alicyclic amines) is 1. The van der Waals surface area contributed by atoms with Crippen LogP contribution in [0, 0.1) is 5.41 Å². The van der Waals surface area contributed by atoms with Crippen molar-refractivity contribution in [3.8, 4) is 0 Å². The molecule has 0 aromatic heterocycles. The molecule has 16 heavy (non-hydrogen) atoms. The number of halogens is 1. The molecule has 1 aliphatic heterocycles. The van der Waals surface area contributed by atoms with E-state index in [9.17, 15) is 4.79 Å². The molecule has 0 unspecified atom stereocenters. The van der Waals surface area contributed by atoms with Gasteiger partial charge in [0.25, 0.3) is 0 Å². The van der Waals surface area contributed by atoms with Crippen molar-refractivity contribution in [1.82, 2.24) is 4.90 Å². The first-order chi connectivity index (χ1) is 7.26. The Morgan fingerprint density at radius 2 is 1.62 bits per heavy atom. The lowest BCUT2D eigenvalue weighted by Gasteiger charge is -2.44. The largest absolute Gasteiger partial charge is 0.342 e. The fourth-order valence-corrected chi connectivity index (χ4v) is 3.16. The van der Waals surface area contributed by atoms with Gasteiger partial charge in [-0.05, 0) is 31.1 Å². The molecule has 1 heterocycles. The maximum atomic E-state index is 11.4. The normalized spacial score (nSPS) is 23.9. The SMILES string of the molecule is Cl.NCC(=O)N1CCC2(CCCCC2)CC1. The Hall–Kier alpha value is -0.280. The molecule has 4 heteroatoms. The summed E-state index contributed by atoms with van der Waals surface area (Å²) in [5.41, 5.74) is 5.97. The first kappa shape index (κ1) is 13.8. The van der Waals surface area contributed by atoms with Crippen LogP contribution in [0.25, 0.3) is 0 Å². The number of hydrogen-bond donors (Lipinski definition) is 1. The lowest BCUT2D eigenvalue weighted by molar-refractivity contribution is -0.132. The van der Waals surface area contributed by atoms with Crippen molar-refractivity contribution in [2.45, 2.75) is 44.9 Å². The van der Waals surface area contributed by atoms with Gasteiger partial charge in [-0.15, -0.1) is 12.4 Å². The number of nitrogens with zero attached hydrogens (tertiary/aromatic N) is 1. The van der Waals surface area contributed by atoms with Gasteiger partial charge in [0, 0.05) is 13.1 Å². The van der Waals surface area contributed by atoms with Gasteiger partial charge >= 0.3 is 0 Å². The van der Waals surface area contributed by atoms with Crippen LogP contribution in [0.15, 0.2) is 0 Å². The molecule has 1 spiro atoms. The van der Waals surface area contributed by atoms with Gasteiger partial charge in [0.2, 0.25) is 5.91 Å². The number of carbonyl (C=O) groups excluding carboxylic acids is 1. The minimum absolute atomic E-state index is 0. The lowest BCUT2D eigenvalue weighted by Crippen LogP contribution is -2.45. The number of piperidine rings is 1. The van der Waals surface area contributed by atoms with Crippen molar-refractivity contribution < 1.29 is 4.79 Å². The van der Waals surface area contributed by atoms with E-state index in [1.54, 1.807) is 0 Å². The van der Waals surface area contributed by atoms with Gasteiger partial charge in [-0.25, -0.2) is 0 Å². The van der Waals surface area contributed by atoms with Crippen molar-refractivity contribution in [2.24, 2.45) is 11.1 Å². The molecule has 2 fully saturated rings. The lowest BCUT2D eigenvalue weighted by atomic mass is 9.68. The Kier molecular flexibility index (Phi) is 5.06. The van der Waals surface area contributed by atoms with E-state index in [0.717, 1.165) is 13.1 Å². The van der Waals surface area contributed by atoms with Crippen molar-refractivity contribution in [2.75, 3.05) is 19.6 Å². The summed E-state index contributed by atoms with van der Waals surface area (Å²) >= 11 is 0. The molecule has 0 atom stereocenters. The van der Waals surface area contributed by atoms with Gasteiger partial charge in [-0.3, -0.25) is 4.79 Å². The molecule has 1 saturated carbocycles. The molecule has 94 valence electrons. The summed E-state index contributed by atoms with van der Waals surface area (Å²) in [6.45, 7) is 2.05. The minimum Gasteiger partial charge on any atom is -0.342 e. The van der Waals surface area contributed by atoms with Gasteiger partial charge in [0.15, 0.2) is 0 Å². The van der Waals surface area contributed by atoms with Gasteiger partial charge < -0.3 is 10.6 Å². The first-order valence-electron chi connectivity index (χ1n) is 6.24. The van der Waals surface area contributed by atoms with Crippen molar-refractivity contribution >= 4 is 18.3 Å². The van der Waals surface area contributed by atoms with Gasteiger partial charge in [0.1, 0.15) is 0 Å². The predicted octanol–water partition coefficient (Wildman–Crippen LogP) is 1.94. The molecule has 1 aliphatic carbocycles. The van der Waals surface area contributed by atoms with E-state index in [0.29, 0.717) is 5.41 Å². The maximum Gasteiger partial charge on any atom is 0.236 e. The minimum atomic E-state index is 0. The highest BCUT2D eigenvalue weighted by molar-refractivity contribution is 5.85. The fraction of sp³-hybridized carbons (Fsp3) is 0.917. The Bertz CT molecular complexity index is 229. The Morgan fingerprint density at radius 3 is 2.12 bits per heavy atom. The second kappa shape index (κ2) is 5.87. The van der Waals surface area contributed by atoms with Crippen LogP contribution >= 0.6 is 12.4 Å². The standard InChI is InChI=1S/C12H22N2O.ClH/c13-10-11(15)14-8-6-12(7-9-14)4-2-1-3-5-12;/h1-10,13H2;1H. The second-order valence-electron chi connectivity index (χ2n) is 5.15. The summed E-state index contributed by atoms with van der Waals surface area (Å²) in [5, 5.41) is 0. The Balaban J connectivity index is 0.00000128. The highest BCUT2D eigenvalue weighted by Crippen LogP contribution is 2.44. The van der Waals surface area contributed by atoms with Crippen molar-refractivity contribution in [3.05, 3.63) is 0 Å². The summed E-state index contributed by atoms with van der Waals surface area (Å²) in [5.74, 6) is 0.126. The van der Waals surface area contributed by atoms with Crippen LogP contribution in [0.2, 0.25) is 0 Å². The monoisotopic (exact) mass is 246 g/mol. The molecule has 0 aromatic rings. The highest BCUT2D eigenvalue weighted by Gasteiger charge is 2.36. The highest BCUT2D eigenvalue weighted by atomic mass is 35.5. The number of amides is 1. The molecule has 0 aromatic carbocycles. The molecule has 3 nitrogen and oxygen atoms in total. The fourth-order valence-electron chi connectivity index (χ4n) is 3.16. The summed E-state index contributed by atoms with van der Waals surface area (Å²) < 4.78 is 0. The van der Waals surface area contributed by atoms with E-state index in [-0.39, 0.29) is 24.9 Å². The molecule has 0 bridgehead atoms. The van der Waals surface area contributed by atoms with E-state index in [1.807, 2.05) is 4.90 Å². The topological polar surface area (TPSA) is 46.3 Å². The van der Waals surface area contributed by atoms with Gasteiger partial charge in [-0.1, -0.05) is 19.3 Å². The van der Waals surface area contributed by atoms with Gasteiger partial charge in [-0.2, -0.15) is 0 Å². The van der Waals surface area contributed by atoms with Crippen molar-refractivity contribution in [3.63, 3.8) is 0 Å². The molecule has 1 amide bonds. The average Bonchev–Trinajstić information content (AvgIpc) is 2.30. The van der Waals surface area contributed by atoms with E-state index >= 15 is 0 Å². The summed E-state index contributed by atoms with van der Waals surface area (Å²) in [4.78, 5) is 13.4. The molecular weight excluding hydrogens is 224 g/mol. The number of carbonyl (C=O) groups is 1. The summed E-state index contributed by atoms with van der Waals surface area (Å²) in [7, 11) is 0. The van der Waals surface area contributed by atoms with Crippen LogP contribution in [0.3, 0.4) is 0 Å². The molecular formula is C12H23ClN2O. The molecule has 2 aliphatic rings. The zero-order valence-corrected chi connectivity index (χ0v) is 10.7. The third-order valence-corrected chi connectivity index (χ3v) is 4.27. The van der Waals surface area contributed by atoms with Gasteiger partial charge in [0.05, 0.1) is 6.54 Å². The molecule has 2 rings (SSSR count). The number of hydrogen-bond acceptors (Lipinski definition) is 2. The smallest absolute Gasteiger partial charge is 0.236 e. The third-order valence-electron chi connectivity index (χ3n) is 4.27. The van der Waals surface area contributed by atoms with E-state index < -0.39 is 0 Å². The second-order valence-corrected chi connectivity index (χ2v) is 5.15. The van der Waals surface area contributed by atoms with Crippen LogP contribution in [0.1, 0.15) is 44.9 Å². The molecule has 0 radical (unpaired) electrons. The Labute approximate surface area is 104 Å².